The zero-order chi connectivity index (χ0) is 28.2. The first-order valence-corrected chi connectivity index (χ1v) is 13.9. The van der Waals surface area contributed by atoms with Crippen molar-refractivity contribution in [2.45, 2.75) is 37.3 Å². The quantitative estimate of drug-likeness (QED) is 0.308. The number of amides is 2. The number of carbonyl (C=O) groups is 2. The lowest BCUT2D eigenvalue weighted by molar-refractivity contribution is -0.141. The topological polar surface area (TPSA) is 61.4 Å². The number of carbonyl (C=O) groups excluding carboxylic acids is 2. The maximum atomic E-state index is 13.6. The molecule has 1 aliphatic carbocycles. The summed E-state index contributed by atoms with van der Waals surface area (Å²) in [5.74, 6) is -0.118. The molecule has 5 rings (SSSR count). The molecule has 40 heavy (non-hydrogen) atoms. The van der Waals surface area contributed by atoms with Gasteiger partial charge in [0.2, 0.25) is 5.91 Å². The Morgan fingerprint density at radius 1 is 0.825 bits per heavy atom. The Bertz CT molecular complexity index is 1290. The van der Waals surface area contributed by atoms with E-state index in [0.29, 0.717) is 30.9 Å². The van der Waals surface area contributed by atoms with Crippen molar-refractivity contribution in [2.24, 2.45) is 5.92 Å². The van der Waals surface area contributed by atoms with E-state index in [-0.39, 0.29) is 5.91 Å². The molecule has 1 saturated heterocycles. The SMILES string of the molecule is O=C(NCCC1CN(CCCCC2(C(=O)NCC(F)(F)F)c3ccccc3-c3ccccc32)C1)c1ccccc1. The lowest BCUT2D eigenvalue weighted by atomic mass is 9.73. The van der Waals surface area contributed by atoms with E-state index in [1.165, 1.54) is 0 Å². The number of alkyl halides is 3. The van der Waals surface area contributed by atoms with Crippen molar-refractivity contribution in [3.8, 4) is 11.1 Å². The number of hydrogen-bond donors (Lipinski definition) is 2. The molecule has 0 atom stereocenters. The third kappa shape index (κ3) is 5.92. The van der Waals surface area contributed by atoms with Crippen LogP contribution in [0.4, 0.5) is 13.2 Å². The monoisotopic (exact) mass is 549 g/mol. The van der Waals surface area contributed by atoms with Crippen molar-refractivity contribution < 1.29 is 22.8 Å². The minimum Gasteiger partial charge on any atom is -0.352 e. The Labute approximate surface area is 232 Å². The van der Waals surface area contributed by atoms with Crippen LogP contribution in [0.25, 0.3) is 11.1 Å². The van der Waals surface area contributed by atoms with Crippen LogP contribution in [0.2, 0.25) is 0 Å². The normalized spacial score (nSPS) is 16.1. The number of benzene rings is 3. The molecule has 1 fully saturated rings. The van der Waals surface area contributed by atoms with Gasteiger partial charge in [-0.15, -0.1) is 0 Å². The van der Waals surface area contributed by atoms with Crippen molar-refractivity contribution in [1.82, 2.24) is 15.5 Å². The molecular formula is C32H34F3N3O2. The highest BCUT2D eigenvalue weighted by Gasteiger charge is 2.49. The van der Waals surface area contributed by atoms with Crippen LogP contribution < -0.4 is 10.6 Å². The van der Waals surface area contributed by atoms with Gasteiger partial charge in [-0.25, -0.2) is 0 Å². The molecule has 210 valence electrons. The second-order valence-electron chi connectivity index (χ2n) is 10.8. The van der Waals surface area contributed by atoms with E-state index in [0.717, 1.165) is 54.7 Å². The summed E-state index contributed by atoms with van der Waals surface area (Å²) >= 11 is 0. The van der Waals surface area contributed by atoms with Gasteiger partial charge in [-0.2, -0.15) is 13.2 Å². The number of fused-ring (bicyclic) bond motifs is 3. The van der Waals surface area contributed by atoms with Crippen LogP contribution in [0.5, 0.6) is 0 Å². The van der Waals surface area contributed by atoms with E-state index in [9.17, 15) is 22.8 Å². The molecule has 2 aliphatic rings. The zero-order valence-electron chi connectivity index (χ0n) is 22.3. The molecule has 2 amide bonds. The Kier molecular flexibility index (Phi) is 8.26. The predicted molar refractivity (Wildman–Crippen MR) is 149 cm³/mol. The van der Waals surface area contributed by atoms with Gasteiger partial charge in [-0.1, -0.05) is 73.2 Å². The molecule has 1 aliphatic heterocycles. The largest absolute Gasteiger partial charge is 0.405 e. The number of unbranched alkanes of at least 4 members (excludes halogenated alkanes) is 1. The summed E-state index contributed by atoms with van der Waals surface area (Å²) in [4.78, 5) is 28.1. The molecule has 3 aromatic rings. The third-order valence-electron chi connectivity index (χ3n) is 8.08. The second kappa shape index (κ2) is 11.8. The Morgan fingerprint density at radius 3 is 2.05 bits per heavy atom. The van der Waals surface area contributed by atoms with Crippen LogP contribution >= 0.6 is 0 Å². The van der Waals surface area contributed by atoms with Gasteiger partial charge < -0.3 is 15.5 Å². The number of nitrogens with one attached hydrogen (secondary N) is 2. The fraction of sp³-hybridized carbons (Fsp3) is 0.375. The van der Waals surface area contributed by atoms with Crippen molar-refractivity contribution >= 4 is 11.8 Å². The molecule has 3 aromatic carbocycles. The standard InChI is InChI=1S/C32H34F3N3O2/c33-32(34,35)22-37-30(40)31(27-14-6-4-12-25(27)26-13-5-7-15-28(26)31)17-8-9-19-38-20-23(21-38)16-18-36-29(39)24-10-2-1-3-11-24/h1-7,10-15,23H,8-9,16-22H2,(H,36,39)(H,37,40). The number of halogens is 3. The lowest BCUT2D eigenvalue weighted by Gasteiger charge is -2.39. The van der Waals surface area contributed by atoms with E-state index >= 15 is 0 Å². The van der Waals surface area contributed by atoms with Gasteiger partial charge in [-0.3, -0.25) is 9.59 Å². The van der Waals surface area contributed by atoms with E-state index < -0.39 is 24.0 Å². The Hall–Kier alpha value is -3.65. The van der Waals surface area contributed by atoms with Crippen LogP contribution in [-0.4, -0.2) is 55.6 Å². The van der Waals surface area contributed by atoms with Crippen LogP contribution in [0.15, 0.2) is 78.9 Å². The van der Waals surface area contributed by atoms with Gasteiger partial charge in [0.25, 0.3) is 5.91 Å². The minimum atomic E-state index is -4.48. The fourth-order valence-corrected chi connectivity index (χ4v) is 6.13. The van der Waals surface area contributed by atoms with Gasteiger partial charge in [0.1, 0.15) is 12.0 Å². The molecule has 0 aromatic heterocycles. The van der Waals surface area contributed by atoms with E-state index in [1.54, 1.807) is 12.1 Å². The molecule has 0 radical (unpaired) electrons. The van der Waals surface area contributed by atoms with E-state index in [4.69, 9.17) is 0 Å². The van der Waals surface area contributed by atoms with Gasteiger partial charge in [0.15, 0.2) is 0 Å². The summed E-state index contributed by atoms with van der Waals surface area (Å²) in [7, 11) is 0. The number of nitrogens with zero attached hydrogens (tertiary/aromatic N) is 1. The highest BCUT2D eigenvalue weighted by atomic mass is 19.4. The van der Waals surface area contributed by atoms with Gasteiger partial charge in [0, 0.05) is 25.2 Å². The number of hydrogen-bond acceptors (Lipinski definition) is 3. The van der Waals surface area contributed by atoms with Crippen LogP contribution in [0.3, 0.4) is 0 Å². The first-order chi connectivity index (χ1) is 19.3. The van der Waals surface area contributed by atoms with Gasteiger partial charge in [-0.05, 0) is 66.1 Å². The molecule has 1 heterocycles. The molecule has 0 unspecified atom stereocenters. The highest BCUT2D eigenvalue weighted by molar-refractivity contribution is 6.00. The molecule has 8 heteroatoms. The first-order valence-electron chi connectivity index (χ1n) is 13.9. The van der Waals surface area contributed by atoms with Crippen LogP contribution in [-0.2, 0) is 10.2 Å². The molecule has 0 bridgehead atoms. The lowest BCUT2D eigenvalue weighted by Crippen LogP contribution is -2.48. The Balaban J connectivity index is 1.15. The number of likely N-dealkylation sites (tertiary alicyclic amines) is 1. The van der Waals surface area contributed by atoms with Gasteiger partial charge in [0.05, 0.1) is 0 Å². The van der Waals surface area contributed by atoms with Gasteiger partial charge >= 0.3 is 6.18 Å². The zero-order valence-corrected chi connectivity index (χ0v) is 22.3. The van der Waals surface area contributed by atoms with Crippen molar-refractivity contribution in [3.05, 3.63) is 95.6 Å². The summed E-state index contributed by atoms with van der Waals surface area (Å²) < 4.78 is 39.1. The average Bonchev–Trinajstić information content (AvgIpc) is 3.22. The smallest absolute Gasteiger partial charge is 0.352 e. The molecule has 2 N–H and O–H groups in total. The van der Waals surface area contributed by atoms with Crippen LogP contribution in [0, 0.1) is 5.92 Å². The summed E-state index contributed by atoms with van der Waals surface area (Å²) in [5.41, 5.74) is 2.88. The first kappa shape index (κ1) is 27.9. The maximum Gasteiger partial charge on any atom is 0.405 e. The van der Waals surface area contributed by atoms with E-state index in [2.05, 4.69) is 15.5 Å². The summed E-state index contributed by atoms with van der Waals surface area (Å²) in [6, 6.07) is 24.3. The molecule has 0 saturated carbocycles. The highest BCUT2D eigenvalue weighted by Crippen LogP contribution is 2.51. The van der Waals surface area contributed by atoms with Crippen LogP contribution in [0.1, 0.15) is 47.2 Å². The maximum absolute atomic E-state index is 13.6. The second-order valence-corrected chi connectivity index (χ2v) is 10.8. The fourth-order valence-electron chi connectivity index (χ4n) is 6.13. The molecular weight excluding hydrogens is 515 g/mol. The Morgan fingerprint density at radius 2 is 1.43 bits per heavy atom. The molecule has 5 nitrogen and oxygen atoms in total. The van der Waals surface area contributed by atoms with Crippen molar-refractivity contribution in [3.63, 3.8) is 0 Å². The van der Waals surface area contributed by atoms with E-state index in [1.807, 2.05) is 66.7 Å². The average molecular weight is 550 g/mol. The van der Waals surface area contributed by atoms with Crippen molar-refractivity contribution in [2.75, 3.05) is 32.7 Å². The van der Waals surface area contributed by atoms with Crippen molar-refractivity contribution in [1.29, 1.82) is 0 Å². The predicted octanol–water partition coefficient (Wildman–Crippen LogP) is 5.55. The summed E-state index contributed by atoms with van der Waals surface area (Å²) in [6.45, 7) is 2.09. The number of rotatable bonds is 11. The third-order valence-corrected chi connectivity index (χ3v) is 8.08. The summed E-state index contributed by atoms with van der Waals surface area (Å²) in [5, 5.41) is 5.18. The minimum absolute atomic E-state index is 0.0555. The summed E-state index contributed by atoms with van der Waals surface area (Å²) in [6.07, 6.45) is -1.57. The molecule has 0 spiro atoms.